The van der Waals surface area contributed by atoms with Gasteiger partial charge in [0, 0.05) is 6.42 Å². The zero-order valence-electron chi connectivity index (χ0n) is 11.1. The predicted octanol–water partition coefficient (Wildman–Crippen LogP) is 2.41. The summed E-state index contributed by atoms with van der Waals surface area (Å²) in [5, 5.41) is 12.6. The fourth-order valence-electron chi connectivity index (χ4n) is 2.72. The van der Waals surface area contributed by atoms with Crippen molar-refractivity contribution in [3.8, 4) is 17.6 Å². The molecule has 1 atom stereocenters. The SMILES string of the molecule is CNC(c1ccc2c(c1)OCCCO2)C1(C#N)CC1. The van der Waals surface area contributed by atoms with E-state index in [4.69, 9.17) is 9.47 Å². The van der Waals surface area contributed by atoms with Gasteiger partial charge in [0.05, 0.1) is 30.7 Å². The zero-order valence-corrected chi connectivity index (χ0v) is 11.1. The van der Waals surface area contributed by atoms with Crippen LogP contribution in [0, 0.1) is 16.7 Å². The minimum Gasteiger partial charge on any atom is -0.490 e. The van der Waals surface area contributed by atoms with Gasteiger partial charge in [0.15, 0.2) is 11.5 Å². The van der Waals surface area contributed by atoms with E-state index >= 15 is 0 Å². The molecular weight excluding hydrogens is 240 g/mol. The van der Waals surface area contributed by atoms with E-state index < -0.39 is 0 Å². The minimum atomic E-state index is -0.241. The topological polar surface area (TPSA) is 54.3 Å². The van der Waals surface area contributed by atoms with Crippen molar-refractivity contribution in [3.05, 3.63) is 23.8 Å². The number of nitriles is 1. The number of nitrogens with zero attached hydrogens (tertiary/aromatic N) is 1. The molecule has 3 rings (SSSR count). The summed E-state index contributed by atoms with van der Waals surface area (Å²) in [4.78, 5) is 0. The molecule has 0 spiro atoms. The quantitative estimate of drug-likeness (QED) is 0.904. The molecule has 1 aromatic carbocycles. The highest BCUT2D eigenvalue weighted by Crippen LogP contribution is 2.54. The molecule has 1 aromatic rings. The molecule has 0 saturated heterocycles. The third kappa shape index (κ3) is 2.15. The number of rotatable bonds is 3. The number of ether oxygens (including phenoxy) is 2. The molecule has 4 heteroatoms. The van der Waals surface area contributed by atoms with E-state index in [9.17, 15) is 5.26 Å². The molecule has 100 valence electrons. The van der Waals surface area contributed by atoms with E-state index in [1.54, 1.807) is 0 Å². The van der Waals surface area contributed by atoms with Crippen molar-refractivity contribution in [1.82, 2.24) is 5.32 Å². The van der Waals surface area contributed by atoms with Crippen LogP contribution >= 0.6 is 0 Å². The summed E-state index contributed by atoms with van der Waals surface area (Å²) in [7, 11) is 1.91. The lowest BCUT2D eigenvalue weighted by Crippen LogP contribution is -2.25. The molecular formula is C15H18N2O2. The van der Waals surface area contributed by atoms with Crippen molar-refractivity contribution in [2.24, 2.45) is 5.41 Å². The van der Waals surface area contributed by atoms with Gasteiger partial charge >= 0.3 is 0 Å². The lowest BCUT2D eigenvalue weighted by molar-refractivity contribution is 0.296. The first-order valence-electron chi connectivity index (χ1n) is 6.77. The van der Waals surface area contributed by atoms with Crippen molar-refractivity contribution >= 4 is 0 Å². The summed E-state index contributed by atoms with van der Waals surface area (Å²) < 4.78 is 11.3. The Kier molecular flexibility index (Phi) is 3.08. The molecule has 4 nitrogen and oxygen atoms in total. The van der Waals surface area contributed by atoms with Gasteiger partial charge in [-0.1, -0.05) is 6.07 Å². The average molecular weight is 258 g/mol. The molecule has 1 saturated carbocycles. The summed E-state index contributed by atoms with van der Waals surface area (Å²) >= 11 is 0. The van der Waals surface area contributed by atoms with Crippen LogP contribution < -0.4 is 14.8 Å². The molecule has 0 aromatic heterocycles. The zero-order chi connectivity index (χ0) is 13.3. The number of hydrogen-bond donors (Lipinski definition) is 1. The van der Waals surface area contributed by atoms with E-state index in [1.807, 2.05) is 25.2 Å². The number of benzene rings is 1. The van der Waals surface area contributed by atoms with Gasteiger partial charge < -0.3 is 14.8 Å². The van der Waals surface area contributed by atoms with E-state index in [0.717, 1.165) is 36.3 Å². The monoisotopic (exact) mass is 258 g/mol. The average Bonchev–Trinajstić information content (AvgIpc) is 3.23. The molecule has 0 bridgehead atoms. The summed E-state index contributed by atoms with van der Waals surface area (Å²) in [6.45, 7) is 1.38. The van der Waals surface area contributed by atoms with Gasteiger partial charge in [0.1, 0.15) is 0 Å². The lowest BCUT2D eigenvalue weighted by atomic mass is 9.91. The van der Waals surface area contributed by atoms with Crippen molar-refractivity contribution in [1.29, 1.82) is 5.26 Å². The largest absolute Gasteiger partial charge is 0.490 e. The van der Waals surface area contributed by atoms with Crippen LogP contribution in [0.4, 0.5) is 0 Å². The van der Waals surface area contributed by atoms with Crippen LogP contribution in [0.1, 0.15) is 30.9 Å². The summed E-state index contributed by atoms with van der Waals surface area (Å²) in [5.74, 6) is 1.60. The highest BCUT2D eigenvalue weighted by Gasteiger charge is 2.50. The summed E-state index contributed by atoms with van der Waals surface area (Å²) in [5.41, 5.74) is 0.861. The van der Waals surface area contributed by atoms with Crippen molar-refractivity contribution in [3.63, 3.8) is 0 Å². The number of nitrogens with one attached hydrogen (secondary N) is 1. The second-order valence-electron chi connectivity index (χ2n) is 5.25. The Balaban J connectivity index is 1.93. The Morgan fingerprint density at radius 1 is 1.26 bits per heavy atom. The Labute approximate surface area is 113 Å². The van der Waals surface area contributed by atoms with E-state index in [2.05, 4.69) is 11.4 Å². The maximum absolute atomic E-state index is 9.36. The third-order valence-electron chi connectivity index (χ3n) is 3.96. The van der Waals surface area contributed by atoms with Crippen LogP contribution in [0.3, 0.4) is 0 Å². The summed E-state index contributed by atoms with van der Waals surface area (Å²) in [6.07, 6.45) is 2.83. The van der Waals surface area contributed by atoms with Crippen LogP contribution in [-0.2, 0) is 0 Å². The molecule has 1 fully saturated rings. The highest BCUT2D eigenvalue weighted by molar-refractivity contribution is 5.45. The van der Waals surface area contributed by atoms with Crippen molar-refractivity contribution in [2.45, 2.75) is 25.3 Å². The second-order valence-corrected chi connectivity index (χ2v) is 5.25. The Morgan fingerprint density at radius 2 is 2.00 bits per heavy atom. The Morgan fingerprint density at radius 3 is 2.63 bits per heavy atom. The fraction of sp³-hybridized carbons (Fsp3) is 0.533. The van der Waals surface area contributed by atoms with Gasteiger partial charge in [-0.25, -0.2) is 0 Å². The van der Waals surface area contributed by atoms with Crippen LogP contribution in [0.25, 0.3) is 0 Å². The van der Waals surface area contributed by atoms with Crippen LogP contribution in [0.2, 0.25) is 0 Å². The molecule has 0 radical (unpaired) electrons. The first-order chi connectivity index (χ1) is 9.29. The number of hydrogen-bond acceptors (Lipinski definition) is 4. The van der Waals surface area contributed by atoms with Gasteiger partial charge in [-0.2, -0.15) is 5.26 Å². The Bertz CT molecular complexity index is 517. The summed E-state index contributed by atoms with van der Waals surface area (Å²) in [6, 6.07) is 8.52. The van der Waals surface area contributed by atoms with E-state index in [-0.39, 0.29) is 11.5 Å². The third-order valence-corrected chi connectivity index (χ3v) is 3.96. The van der Waals surface area contributed by atoms with Gasteiger partial charge in [0.25, 0.3) is 0 Å². The van der Waals surface area contributed by atoms with Crippen molar-refractivity contribution < 1.29 is 9.47 Å². The normalized spacial score (nSPS) is 21.1. The second kappa shape index (κ2) is 4.75. The first kappa shape index (κ1) is 12.3. The highest BCUT2D eigenvalue weighted by atomic mass is 16.5. The van der Waals surface area contributed by atoms with Crippen molar-refractivity contribution in [2.75, 3.05) is 20.3 Å². The molecule has 19 heavy (non-hydrogen) atoms. The standard InChI is InChI=1S/C15H18N2O2/c1-17-14(15(10-16)5-6-15)11-3-4-12-13(9-11)19-8-2-7-18-12/h3-4,9,14,17H,2,5-8H2,1H3. The van der Waals surface area contributed by atoms with Gasteiger partial charge in [-0.05, 0) is 37.6 Å². The van der Waals surface area contributed by atoms with Crippen LogP contribution in [-0.4, -0.2) is 20.3 Å². The van der Waals surface area contributed by atoms with Crippen LogP contribution in [0.5, 0.6) is 11.5 Å². The molecule has 0 amide bonds. The maximum Gasteiger partial charge on any atom is 0.161 e. The van der Waals surface area contributed by atoms with E-state index in [1.165, 1.54) is 0 Å². The Hall–Kier alpha value is -1.73. The van der Waals surface area contributed by atoms with Gasteiger partial charge in [0.2, 0.25) is 0 Å². The van der Waals surface area contributed by atoms with Gasteiger partial charge in [-0.3, -0.25) is 0 Å². The molecule has 1 aliphatic heterocycles. The van der Waals surface area contributed by atoms with E-state index in [0.29, 0.717) is 13.2 Å². The maximum atomic E-state index is 9.36. The first-order valence-corrected chi connectivity index (χ1v) is 6.77. The van der Waals surface area contributed by atoms with Gasteiger partial charge in [-0.15, -0.1) is 0 Å². The molecule has 1 heterocycles. The minimum absolute atomic E-state index is 0.0645. The smallest absolute Gasteiger partial charge is 0.161 e. The lowest BCUT2D eigenvalue weighted by Gasteiger charge is -2.22. The molecule has 1 unspecified atom stereocenters. The number of fused-ring (bicyclic) bond motifs is 1. The molecule has 1 N–H and O–H groups in total. The fourth-order valence-corrected chi connectivity index (χ4v) is 2.72. The molecule has 1 aliphatic carbocycles. The van der Waals surface area contributed by atoms with Crippen LogP contribution in [0.15, 0.2) is 18.2 Å². The molecule has 2 aliphatic rings. The predicted molar refractivity (Wildman–Crippen MR) is 71.1 cm³/mol.